The van der Waals surface area contributed by atoms with Crippen LogP contribution in [0.2, 0.25) is 0 Å². The summed E-state index contributed by atoms with van der Waals surface area (Å²) in [5, 5.41) is 8.80. The van der Waals surface area contributed by atoms with Crippen molar-refractivity contribution in [2.45, 2.75) is 63.5 Å². The van der Waals surface area contributed by atoms with Gasteiger partial charge in [0.15, 0.2) is 0 Å². The first-order chi connectivity index (χ1) is 9.09. The van der Waals surface area contributed by atoms with E-state index in [0.717, 1.165) is 38.6 Å². The molecule has 0 aromatic heterocycles. The molecule has 19 heavy (non-hydrogen) atoms. The standard InChI is InChI=1S/C14H24N2O3/c1-15(11-6-4-7-11)14(19)16-10-3-2-5-12(16)8-9-13(17)18/h11-12H,2-10H2,1H3,(H,17,18). The fraction of sp³-hybridized carbons (Fsp3) is 0.857. The number of nitrogens with zero attached hydrogens (tertiary/aromatic N) is 2. The lowest BCUT2D eigenvalue weighted by molar-refractivity contribution is -0.137. The Morgan fingerprint density at radius 3 is 2.53 bits per heavy atom. The molecular formula is C14H24N2O3. The van der Waals surface area contributed by atoms with E-state index in [1.54, 1.807) is 0 Å². The second-order valence-electron chi connectivity index (χ2n) is 5.75. The molecule has 0 bridgehead atoms. The number of carbonyl (C=O) groups excluding carboxylic acids is 1. The molecule has 2 amide bonds. The summed E-state index contributed by atoms with van der Waals surface area (Å²) in [6, 6.07) is 0.606. The van der Waals surface area contributed by atoms with Gasteiger partial charge in [-0.15, -0.1) is 0 Å². The summed E-state index contributed by atoms with van der Waals surface area (Å²) in [5.74, 6) is -0.773. The molecule has 0 radical (unpaired) electrons. The van der Waals surface area contributed by atoms with Gasteiger partial charge in [0.1, 0.15) is 0 Å². The number of carbonyl (C=O) groups is 2. The highest BCUT2D eigenvalue weighted by Gasteiger charge is 2.33. The molecule has 1 heterocycles. The van der Waals surface area contributed by atoms with E-state index in [1.807, 2.05) is 16.8 Å². The van der Waals surface area contributed by atoms with Gasteiger partial charge in [-0.1, -0.05) is 0 Å². The first-order valence-electron chi connectivity index (χ1n) is 7.35. The van der Waals surface area contributed by atoms with Crippen molar-refractivity contribution in [1.29, 1.82) is 0 Å². The minimum Gasteiger partial charge on any atom is -0.481 e. The lowest BCUT2D eigenvalue weighted by Gasteiger charge is -2.42. The van der Waals surface area contributed by atoms with Crippen LogP contribution in [0.4, 0.5) is 4.79 Å². The number of hydrogen-bond acceptors (Lipinski definition) is 2. The highest BCUT2D eigenvalue weighted by Crippen LogP contribution is 2.27. The van der Waals surface area contributed by atoms with Crippen LogP contribution in [0.25, 0.3) is 0 Å². The van der Waals surface area contributed by atoms with Gasteiger partial charge in [-0.3, -0.25) is 4.79 Å². The number of carboxylic acids is 1. The zero-order valence-corrected chi connectivity index (χ0v) is 11.7. The largest absolute Gasteiger partial charge is 0.481 e. The van der Waals surface area contributed by atoms with Crippen molar-refractivity contribution < 1.29 is 14.7 Å². The Labute approximate surface area is 114 Å². The van der Waals surface area contributed by atoms with Gasteiger partial charge >= 0.3 is 12.0 Å². The maximum Gasteiger partial charge on any atom is 0.320 e. The Bertz CT molecular complexity index is 342. The van der Waals surface area contributed by atoms with Crippen molar-refractivity contribution in [3.63, 3.8) is 0 Å². The summed E-state index contributed by atoms with van der Waals surface area (Å²) in [6.45, 7) is 0.778. The van der Waals surface area contributed by atoms with Gasteiger partial charge in [-0.2, -0.15) is 0 Å². The molecule has 0 spiro atoms. The Kier molecular flexibility index (Phi) is 4.66. The SMILES string of the molecule is CN(C(=O)N1CCCCC1CCC(=O)O)C1CCC1. The van der Waals surface area contributed by atoms with E-state index < -0.39 is 5.97 Å². The van der Waals surface area contributed by atoms with Crippen LogP contribution in [0, 0.1) is 0 Å². The van der Waals surface area contributed by atoms with Crippen LogP contribution in [0.3, 0.4) is 0 Å². The Hall–Kier alpha value is -1.26. The van der Waals surface area contributed by atoms with E-state index in [9.17, 15) is 9.59 Å². The Morgan fingerprint density at radius 1 is 1.21 bits per heavy atom. The molecule has 0 aromatic carbocycles. The summed E-state index contributed by atoms with van der Waals surface area (Å²) in [7, 11) is 1.88. The molecule has 1 aliphatic heterocycles. The van der Waals surface area contributed by atoms with Gasteiger partial charge in [-0.05, 0) is 44.9 Å². The first-order valence-corrected chi connectivity index (χ1v) is 7.35. The third kappa shape index (κ3) is 3.39. The van der Waals surface area contributed by atoms with Crippen LogP contribution in [-0.2, 0) is 4.79 Å². The van der Waals surface area contributed by atoms with Gasteiger partial charge in [0.05, 0.1) is 0 Å². The van der Waals surface area contributed by atoms with E-state index in [-0.39, 0.29) is 18.5 Å². The summed E-state index contributed by atoms with van der Waals surface area (Å²) in [4.78, 5) is 27.0. The van der Waals surface area contributed by atoms with Gasteiger partial charge in [0, 0.05) is 32.1 Å². The molecule has 5 heteroatoms. The number of carboxylic acid groups (broad SMARTS) is 1. The number of amides is 2. The zero-order valence-electron chi connectivity index (χ0n) is 11.7. The zero-order chi connectivity index (χ0) is 13.8. The number of piperidine rings is 1. The quantitative estimate of drug-likeness (QED) is 0.851. The van der Waals surface area contributed by atoms with Gasteiger partial charge in [0.2, 0.25) is 0 Å². The van der Waals surface area contributed by atoms with Crippen molar-refractivity contribution in [3.8, 4) is 0 Å². The number of likely N-dealkylation sites (tertiary alicyclic amines) is 1. The van der Waals surface area contributed by atoms with Gasteiger partial charge < -0.3 is 14.9 Å². The molecule has 2 fully saturated rings. The molecule has 1 N–H and O–H groups in total. The highest BCUT2D eigenvalue weighted by atomic mass is 16.4. The number of hydrogen-bond donors (Lipinski definition) is 1. The highest BCUT2D eigenvalue weighted by molar-refractivity contribution is 5.75. The predicted octanol–water partition coefficient (Wildman–Crippen LogP) is 2.31. The van der Waals surface area contributed by atoms with Crippen molar-refractivity contribution >= 4 is 12.0 Å². The van der Waals surface area contributed by atoms with Crippen LogP contribution in [-0.4, -0.2) is 52.6 Å². The Morgan fingerprint density at radius 2 is 1.95 bits per heavy atom. The maximum absolute atomic E-state index is 12.5. The third-order valence-corrected chi connectivity index (χ3v) is 4.49. The van der Waals surface area contributed by atoms with Crippen LogP contribution in [0.5, 0.6) is 0 Å². The summed E-state index contributed by atoms with van der Waals surface area (Å²) in [6.07, 6.45) is 7.24. The predicted molar refractivity (Wildman–Crippen MR) is 72.0 cm³/mol. The third-order valence-electron chi connectivity index (χ3n) is 4.49. The van der Waals surface area contributed by atoms with Crippen LogP contribution in [0.15, 0.2) is 0 Å². The van der Waals surface area contributed by atoms with Crippen molar-refractivity contribution in [1.82, 2.24) is 9.80 Å². The smallest absolute Gasteiger partial charge is 0.320 e. The summed E-state index contributed by atoms with van der Waals surface area (Å²) >= 11 is 0. The van der Waals surface area contributed by atoms with Gasteiger partial charge in [-0.25, -0.2) is 4.79 Å². The molecular weight excluding hydrogens is 244 g/mol. The molecule has 1 saturated carbocycles. The van der Waals surface area contributed by atoms with Crippen molar-refractivity contribution in [2.24, 2.45) is 0 Å². The number of rotatable bonds is 4. The summed E-state index contributed by atoms with van der Waals surface area (Å²) < 4.78 is 0. The van der Waals surface area contributed by atoms with Crippen LogP contribution >= 0.6 is 0 Å². The maximum atomic E-state index is 12.5. The fourth-order valence-corrected chi connectivity index (χ4v) is 2.98. The number of aliphatic carboxylic acids is 1. The monoisotopic (exact) mass is 268 g/mol. The first kappa shape index (κ1) is 14.2. The molecule has 0 aromatic rings. The minimum atomic E-state index is -0.773. The molecule has 1 saturated heterocycles. The molecule has 2 aliphatic rings. The van der Waals surface area contributed by atoms with E-state index in [4.69, 9.17) is 5.11 Å². The van der Waals surface area contributed by atoms with Crippen molar-refractivity contribution in [2.75, 3.05) is 13.6 Å². The molecule has 2 rings (SSSR count). The second kappa shape index (κ2) is 6.26. The average Bonchev–Trinajstić information content (AvgIpc) is 2.33. The molecule has 108 valence electrons. The number of urea groups is 1. The Balaban J connectivity index is 1.93. The van der Waals surface area contributed by atoms with Crippen molar-refractivity contribution in [3.05, 3.63) is 0 Å². The normalized spacial score (nSPS) is 23.8. The lowest BCUT2D eigenvalue weighted by atomic mass is 9.92. The van der Waals surface area contributed by atoms with E-state index in [2.05, 4.69) is 0 Å². The van der Waals surface area contributed by atoms with E-state index >= 15 is 0 Å². The lowest BCUT2D eigenvalue weighted by Crippen LogP contribution is -2.53. The van der Waals surface area contributed by atoms with Crippen LogP contribution < -0.4 is 0 Å². The van der Waals surface area contributed by atoms with Gasteiger partial charge in [0.25, 0.3) is 0 Å². The van der Waals surface area contributed by atoms with Crippen LogP contribution in [0.1, 0.15) is 51.4 Å². The van der Waals surface area contributed by atoms with E-state index in [0.29, 0.717) is 12.5 Å². The van der Waals surface area contributed by atoms with E-state index in [1.165, 1.54) is 6.42 Å². The molecule has 1 aliphatic carbocycles. The average molecular weight is 268 g/mol. The molecule has 1 unspecified atom stereocenters. The summed E-state index contributed by atoms with van der Waals surface area (Å²) in [5.41, 5.74) is 0. The second-order valence-corrected chi connectivity index (χ2v) is 5.75. The topological polar surface area (TPSA) is 60.9 Å². The minimum absolute atomic E-state index is 0.0970. The molecule has 5 nitrogen and oxygen atoms in total. The fourth-order valence-electron chi connectivity index (χ4n) is 2.98. The molecule has 1 atom stereocenters.